The molecule has 2 aromatic rings. The number of hydrogen-bond acceptors (Lipinski definition) is 4. The lowest BCUT2D eigenvalue weighted by Crippen LogP contribution is -2.58. The molecule has 1 fully saturated rings. The molecular formula is C20H22F2N4O2. The molecule has 1 atom stereocenters. The van der Waals surface area contributed by atoms with Gasteiger partial charge in [-0.15, -0.1) is 0 Å². The quantitative estimate of drug-likeness (QED) is 0.826. The van der Waals surface area contributed by atoms with E-state index < -0.39 is 17.7 Å². The summed E-state index contributed by atoms with van der Waals surface area (Å²) in [6, 6.07) is 6.59. The molecule has 2 amide bonds. The molecule has 28 heavy (non-hydrogen) atoms. The molecule has 1 saturated heterocycles. The number of benzene rings is 1. The third kappa shape index (κ3) is 4.33. The van der Waals surface area contributed by atoms with E-state index in [4.69, 9.17) is 0 Å². The van der Waals surface area contributed by atoms with Gasteiger partial charge in [0.1, 0.15) is 5.82 Å². The molecular weight excluding hydrogens is 366 g/mol. The summed E-state index contributed by atoms with van der Waals surface area (Å²) in [6.45, 7) is 5.22. The molecule has 1 aromatic heterocycles. The van der Waals surface area contributed by atoms with Gasteiger partial charge in [-0.3, -0.25) is 14.5 Å². The summed E-state index contributed by atoms with van der Waals surface area (Å²) in [7, 11) is 0. The van der Waals surface area contributed by atoms with Gasteiger partial charge < -0.3 is 10.6 Å². The number of rotatable bonds is 5. The largest absolute Gasteiger partial charge is 0.353 e. The second-order valence-corrected chi connectivity index (χ2v) is 6.92. The van der Waals surface area contributed by atoms with Crippen LogP contribution in [0.15, 0.2) is 36.5 Å². The SMILES string of the molecule is CC(C)N1CCNC(=O)C1CC(=O)Nc1ccc(-c2cccc(F)c2F)cn1. The van der Waals surface area contributed by atoms with E-state index in [-0.39, 0.29) is 35.7 Å². The summed E-state index contributed by atoms with van der Waals surface area (Å²) in [5.41, 5.74) is 0.490. The van der Waals surface area contributed by atoms with Gasteiger partial charge in [0.05, 0.1) is 12.5 Å². The van der Waals surface area contributed by atoms with Crippen LogP contribution in [0.25, 0.3) is 11.1 Å². The predicted octanol–water partition coefficient (Wildman–Crippen LogP) is 2.56. The molecule has 1 aliphatic rings. The Kier molecular flexibility index (Phi) is 5.99. The number of carbonyl (C=O) groups is 2. The van der Waals surface area contributed by atoms with Gasteiger partial charge in [0.25, 0.3) is 0 Å². The number of piperazine rings is 1. The first-order chi connectivity index (χ1) is 13.4. The lowest BCUT2D eigenvalue weighted by Gasteiger charge is -2.37. The van der Waals surface area contributed by atoms with Gasteiger partial charge in [0, 0.05) is 36.5 Å². The van der Waals surface area contributed by atoms with E-state index in [1.165, 1.54) is 24.4 Å². The Morgan fingerprint density at radius 1 is 1.32 bits per heavy atom. The van der Waals surface area contributed by atoms with Crippen LogP contribution in [0, 0.1) is 11.6 Å². The van der Waals surface area contributed by atoms with Crippen molar-refractivity contribution in [3.63, 3.8) is 0 Å². The highest BCUT2D eigenvalue weighted by molar-refractivity contribution is 5.95. The van der Waals surface area contributed by atoms with Crippen molar-refractivity contribution in [3.05, 3.63) is 48.2 Å². The maximum absolute atomic E-state index is 13.9. The molecule has 1 unspecified atom stereocenters. The zero-order chi connectivity index (χ0) is 20.3. The number of hydrogen-bond donors (Lipinski definition) is 2. The van der Waals surface area contributed by atoms with Crippen LogP contribution in [-0.2, 0) is 9.59 Å². The van der Waals surface area contributed by atoms with E-state index >= 15 is 0 Å². The first-order valence-electron chi connectivity index (χ1n) is 9.10. The smallest absolute Gasteiger partial charge is 0.237 e. The zero-order valence-electron chi connectivity index (χ0n) is 15.7. The highest BCUT2D eigenvalue weighted by Crippen LogP contribution is 2.24. The second kappa shape index (κ2) is 8.43. The van der Waals surface area contributed by atoms with Gasteiger partial charge in [-0.05, 0) is 32.0 Å². The van der Waals surface area contributed by atoms with Crippen LogP contribution in [0.3, 0.4) is 0 Å². The molecule has 148 valence electrons. The molecule has 2 N–H and O–H groups in total. The number of aromatic nitrogens is 1. The van der Waals surface area contributed by atoms with Gasteiger partial charge in [-0.25, -0.2) is 13.8 Å². The minimum absolute atomic E-state index is 0.00592. The van der Waals surface area contributed by atoms with Crippen molar-refractivity contribution in [2.24, 2.45) is 0 Å². The number of anilines is 1. The molecule has 1 aromatic carbocycles. The molecule has 3 rings (SSSR count). The van der Waals surface area contributed by atoms with Crippen LogP contribution in [0.2, 0.25) is 0 Å². The number of halogens is 2. The lowest BCUT2D eigenvalue weighted by molar-refractivity contribution is -0.133. The van der Waals surface area contributed by atoms with E-state index in [1.54, 1.807) is 6.07 Å². The van der Waals surface area contributed by atoms with Gasteiger partial charge in [0.15, 0.2) is 11.6 Å². The summed E-state index contributed by atoms with van der Waals surface area (Å²) in [5, 5.41) is 5.43. The van der Waals surface area contributed by atoms with Crippen LogP contribution >= 0.6 is 0 Å². The maximum Gasteiger partial charge on any atom is 0.237 e. The first kappa shape index (κ1) is 19.9. The monoisotopic (exact) mass is 388 g/mol. The van der Waals surface area contributed by atoms with Crippen LogP contribution in [0.4, 0.5) is 14.6 Å². The summed E-state index contributed by atoms with van der Waals surface area (Å²) >= 11 is 0. The van der Waals surface area contributed by atoms with Crippen LogP contribution < -0.4 is 10.6 Å². The highest BCUT2D eigenvalue weighted by Gasteiger charge is 2.33. The number of carbonyl (C=O) groups excluding carboxylic acids is 2. The van der Waals surface area contributed by atoms with E-state index in [1.807, 2.05) is 18.7 Å². The number of pyridine rings is 1. The van der Waals surface area contributed by atoms with Crippen molar-refractivity contribution in [3.8, 4) is 11.1 Å². The molecule has 6 nitrogen and oxygen atoms in total. The molecule has 1 aliphatic heterocycles. The van der Waals surface area contributed by atoms with E-state index in [9.17, 15) is 18.4 Å². The highest BCUT2D eigenvalue weighted by atomic mass is 19.2. The summed E-state index contributed by atoms with van der Waals surface area (Å²) in [4.78, 5) is 30.6. The van der Waals surface area contributed by atoms with Crippen molar-refractivity contribution in [2.45, 2.75) is 32.4 Å². The number of nitrogens with zero attached hydrogens (tertiary/aromatic N) is 2. The first-order valence-corrected chi connectivity index (χ1v) is 9.10. The van der Waals surface area contributed by atoms with Gasteiger partial charge in [-0.1, -0.05) is 12.1 Å². The Labute approximate surface area is 162 Å². The van der Waals surface area contributed by atoms with Crippen LogP contribution in [0.5, 0.6) is 0 Å². The van der Waals surface area contributed by atoms with Crippen molar-refractivity contribution >= 4 is 17.6 Å². The van der Waals surface area contributed by atoms with Crippen LogP contribution in [0.1, 0.15) is 20.3 Å². The third-order valence-electron chi connectivity index (χ3n) is 4.71. The normalized spacial score (nSPS) is 17.5. The van der Waals surface area contributed by atoms with Gasteiger partial charge in [-0.2, -0.15) is 0 Å². The van der Waals surface area contributed by atoms with Crippen molar-refractivity contribution in [1.82, 2.24) is 15.2 Å². The summed E-state index contributed by atoms with van der Waals surface area (Å²) in [6.07, 6.45) is 1.37. The Balaban J connectivity index is 1.67. The predicted molar refractivity (Wildman–Crippen MR) is 101 cm³/mol. The average molecular weight is 388 g/mol. The molecule has 0 radical (unpaired) electrons. The van der Waals surface area contributed by atoms with Crippen molar-refractivity contribution < 1.29 is 18.4 Å². The third-order valence-corrected chi connectivity index (χ3v) is 4.71. The molecule has 2 heterocycles. The number of amides is 2. The van der Waals surface area contributed by atoms with E-state index in [0.29, 0.717) is 18.7 Å². The Morgan fingerprint density at radius 3 is 2.79 bits per heavy atom. The van der Waals surface area contributed by atoms with Crippen LogP contribution in [-0.4, -0.2) is 46.9 Å². The minimum Gasteiger partial charge on any atom is -0.353 e. The lowest BCUT2D eigenvalue weighted by atomic mass is 10.1. The van der Waals surface area contributed by atoms with Crippen molar-refractivity contribution in [1.29, 1.82) is 0 Å². The Hall–Kier alpha value is -2.87. The fourth-order valence-corrected chi connectivity index (χ4v) is 3.28. The zero-order valence-corrected chi connectivity index (χ0v) is 15.7. The maximum atomic E-state index is 13.9. The molecule has 0 saturated carbocycles. The Morgan fingerprint density at radius 2 is 2.11 bits per heavy atom. The average Bonchev–Trinajstić information content (AvgIpc) is 2.66. The van der Waals surface area contributed by atoms with E-state index in [2.05, 4.69) is 15.6 Å². The van der Waals surface area contributed by atoms with Crippen molar-refractivity contribution in [2.75, 3.05) is 18.4 Å². The fourth-order valence-electron chi connectivity index (χ4n) is 3.28. The number of nitrogens with one attached hydrogen (secondary N) is 2. The molecule has 8 heteroatoms. The van der Waals surface area contributed by atoms with Gasteiger partial charge in [0.2, 0.25) is 11.8 Å². The summed E-state index contributed by atoms with van der Waals surface area (Å²) < 4.78 is 27.3. The summed E-state index contributed by atoms with van der Waals surface area (Å²) in [5.74, 6) is -2.11. The molecule has 0 bridgehead atoms. The minimum atomic E-state index is -0.946. The molecule has 0 aliphatic carbocycles. The Bertz CT molecular complexity index is 871. The van der Waals surface area contributed by atoms with E-state index in [0.717, 1.165) is 6.07 Å². The standard InChI is InChI=1S/C20H22F2N4O2/c1-12(2)26-9-8-23-20(28)16(26)10-18(27)25-17-7-6-13(11-24-17)14-4-3-5-15(21)19(14)22/h3-7,11-12,16H,8-10H2,1-2H3,(H,23,28)(H,24,25,27). The fraction of sp³-hybridized carbons (Fsp3) is 0.350. The topological polar surface area (TPSA) is 74.3 Å². The molecule has 0 spiro atoms. The van der Waals surface area contributed by atoms with Gasteiger partial charge >= 0.3 is 0 Å². The second-order valence-electron chi connectivity index (χ2n) is 6.92.